The summed E-state index contributed by atoms with van der Waals surface area (Å²) < 4.78 is 49.8. The second-order valence-corrected chi connectivity index (χ2v) is 12.5. The third kappa shape index (κ3) is 26.0. The van der Waals surface area contributed by atoms with Crippen LogP contribution in [0.4, 0.5) is 4.79 Å². The fourth-order valence-electron chi connectivity index (χ4n) is 5.25. The van der Waals surface area contributed by atoms with Crippen molar-refractivity contribution in [3.8, 4) is 12.5 Å². The predicted octanol–water partition coefficient (Wildman–Crippen LogP) is 2.30. The Kier molecular flexibility index (Phi) is 32.7. The van der Waals surface area contributed by atoms with Crippen molar-refractivity contribution in [2.75, 3.05) is 106 Å². The number of amides is 1. The molecule has 0 radical (unpaired) electrons. The van der Waals surface area contributed by atoms with Gasteiger partial charge in [0.1, 0.15) is 19.8 Å². The molecule has 0 unspecified atom stereocenters. The number of nitrogens with zero attached hydrogens (tertiary/aromatic N) is 5. The molecule has 0 saturated carbocycles. The molecular formula is C37H64N6O13. The molecule has 1 N–H and O–H groups in total. The minimum atomic E-state index is -0.613. The average molecular weight is 801 g/mol. The number of hydrogen-bond donors (Lipinski definition) is 1. The fraction of sp³-hybridized carbons (Fsp3) is 0.838. The largest absolute Gasteiger partial charge is 0.447 e. The van der Waals surface area contributed by atoms with Gasteiger partial charge in [-0.3, -0.25) is 0 Å². The fourth-order valence-corrected chi connectivity index (χ4v) is 5.25. The molecule has 0 spiro atoms. The summed E-state index contributed by atoms with van der Waals surface area (Å²) in [4.78, 5) is 51.8. The zero-order valence-electron chi connectivity index (χ0n) is 33.3. The molecule has 1 rings (SSSR count). The molecule has 0 aliphatic heterocycles. The van der Waals surface area contributed by atoms with E-state index in [9.17, 15) is 19.2 Å². The van der Waals surface area contributed by atoms with Gasteiger partial charge in [-0.05, 0) is 51.4 Å². The number of carbonyl (C=O) groups excluding carboxylic acids is 1. The number of rotatable bonds is 39. The molecule has 0 aliphatic carbocycles. The lowest BCUT2D eigenvalue weighted by Gasteiger charge is -2.14. The highest BCUT2D eigenvalue weighted by Gasteiger charge is 2.15. The van der Waals surface area contributed by atoms with Gasteiger partial charge in [0.25, 0.3) is 12.5 Å². The maximum absolute atomic E-state index is 13.3. The summed E-state index contributed by atoms with van der Waals surface area (Å²) in [5.74, 6) is 0. The number of alkyl carbamates (subject to hydrolysis) is 1. The molecule has 1 aromatic heterocycles. The van der Waals surface area contributed by atoms with Crippen molar-refractivity contribution in [3.05, 3.63) is 31.5 Å². The summed E-state index contributed by atoms with van der Waals surface area (Å²) in [6, 6.07) is 0. The van der Waals surface area contributed by atoms with Gasteiger partial charge in [0.05, 0.1) is 72.7 Å². The first-order valence-corrected chi connectivity index (χ1v) is 19.7. The molecule has 0 aliphatic rings. The van der Waals surface area contributed by atoms with E-state index < -0.39 is 23.2 Å². The topological polar surface area (TPSA) is 226 Å². The normalized spacial score (nSPS) is 10.9. The maximum Gasteiger partial charge on any atom is 0.407 e. The van der Waals surface area contributed by atoms with Crippen LogP contribution in [-0.2, 0) is 62.3 Å². The standard InChI is InChI=1S/C37H64N6O13/c1-48-20-21-49-22-23-50-24-25-51-26-27-52-28-29-53-30-31-56-34(44)40-14-8-2-3-9-15-41-35(45)42(16-10-4-6-12-18-54-32-38)37(47)43(36(41)46)17-11-5-7-13-19-55-33-39/h2-31H2,1H3,(H,40,44). The third-order valence-electron chi connectivity index (χ3n) is 8.23. The van der Waals surface area contributed by atoms with E-state index in [1.54, 1.807) is 19.6 Å². The molecule has 0 fully saturated rings. The monoisotopic (exact) mass is 800 g/mol. The zero-order valence-corrected chi connectivity index (χ0v) is 33.3. The first-order chi connectivity index (χ1) is 27.5. The summed E-state index contributed by atoms with van der Waals surface area (Å²) in [5, 5.41) is 19.7. The SMILES string of the molecule is COCCOCCOCCOCCOCCOCCOC(=O)NCCCCCCn1c(=O)n(CCCCCCOC#N)c(=O)n(CCCCCCOC#N)c1=O. The summed E-state index contributed by atoms with van der Waals surface area (Å²) in [6.45, 7) is 6.69. The van der Waals surface area contributed by atoms with Crippen molar-refractivity contribution in [1.82, 2.24) is 19.0 Å². The van der Waals surface area contributed by atoms with Gasteiger partial charge in [0, 0.05) is 33.3 Å². The molecule has 19 nitrogen and oxygen atoms in total. The number of ether oxygens (including phenoxy) is 9. The number of unbranched alkanes of at least 4 members (excludes halogenated alkanes) is 9. The predicted molar refractivity (Wildman–Crippen MR) is 203 cm³/mol. The Morgan fingerprint density at radius 2 is 0.821 bits per heavy atom. The Bertz CT molecular complexity index is 1320. The number of aromatic nitrogens is 3. The van der Waals surface area contributed by atoms with Crippen LogP contribution in [0.5, 0.6) is 0 Å². The van der Waals surface area contributed by atoms with E-state index in [1.165, 1.54) is 0 Å². The summed E-state index contributed by atoms with van der Waals surface area (Å²) in [6.07, 6.45) is 11.0. The van der Waals surface area contributed by atoms with Gasteiger partial charge in [0.2, 0.25) is 0 Å². The lowest BCUT2D eigenvalue weighted by Crippen LogP contribution is -2.54. The summed E-state index contributed by atoms with van der Waals surface area (Å²) in [7, 11) is 1.63. The molecule has 1 amide bonds. The second kappa shape index (κ2) is 36.6. The Balaban J connectivity index is 2.27. The van der Waals surface area contributed by atoms with Crippen LogP contribution < -0.4 is 22.4 Å². The van der Waals surface area contributed by atoms with Gasteiger partial charge in [0.15, 0.2) is 0 Å². The Morgan fingerprint density at radius 1 is 0.482 bits per heavy atom. The minimum Gasteiger partial charge on any atom is -0.447 e. The highest BCUT2D eigenvalue weighted by molar-refractivity contribution is 5.66. The third-order valence-corrected chi connectivity index (χ3v) is 8.23. The maximum atomic E-state index is 13.3. The highest BCUT2D eigenvalue weighted by atomic mass is 16.6. The average Bonchev–Trinajstić information content (AvgIpc) is 3.19. The molecule has 320 valence electrons. The van der Waals surface area contributed by atoms with Crippen LogP contribution >= 0.6 is 0 Å². The van der Waals surface area contributed by atoms with Gasteiger partial charge >= 0.3 is 23.2 Å². The summed E-state index contributed by atoms with van der Waals surface area (Å²) in [5.41, 5.74) is -1.83. The van der Waals surface area contributed by atoms with Crippen molar-refractivity contribution in [1.29, 1.82) is 10.5 Å². The van der Waals surface area contributed by atoms with Crippen LogP contribution in [-0.4, -0.2) is 126 Å². The number of nitriles is 2. The van der Waals surface area contributed by atoms with Gasteiger partial charge in [-0.15, -0.1) is 0 Å². The zero-order chi connectivity index (χ0) is 40.7. The number of nitrogens with one attached hydrogen (secondary N) is 1. The van der Waals surface area contributed by atoms with Crippen molar-refractivity contribution in [2.24, 2.45) is 0 Å². The second-order valence-electron chi connectivity index (χ2n) is 12.5. The first-order valence-electron chi connectivity index (χ1n) is 19.7. The molecule has 0 aromatic carbocycles. The Labute approximate surface area is 329 Å². The van der Waals surface area contributed by atoms with Crippen molar-refractivity contribution < 1.29 is 47.4 Å². The van der Waals surface area contributed by atoms with E-state index in [0.29, 0.717) is 131 Å². The van der Waals surface area contributed by atoms with Crippen molar-refractivity contribution in [2.45, 2.75) is 96.7 Å². The highest BCUT2D eigenvalue weighted by Crippen LogP contribution is 2.04. The van der Waals surface area contributed by atoms with E-state index in [2.05, 4.69) is 14.8 Å². The quantitative estimate of drug-likeness (QED) is 0.0745. The van der Waals surface area contributed by atoms with Gasteiger partial charge in [-0.1, -0.05) is 25.7 Å². The Morgan fingerprint density at radius 3 is 1.20 bits per heavy atom. The van der Waals surface area contributed by atoms with E-state index in [4.69, 9.17) is 43.7 Å². The lowest BCUT2D eigenvalue weighted by molar-refractivity contribution is -0.0168. The van der Waals surface area contributed by atoms with Crippen molar-refractivity contribution >= 4 is 6.09 Å². The van der Waals surface area contributed by atoms with E-state index in [1.807, 2.05) is 0 Å². The molecule has 0 atom stereocenters. The number of hydrogen-bond acceptors (Lipinski definition) is 15. The van der Waals surface area contributed by atoms with Crippen LogP contribution in [0.15, 0.2) is 14.4 Å². The number of carbonyl (C=O) groups is 1. The van der Waals surface area contributed by atoms with Crippen LogP contribution in [0.1, 0.15) is 77.0 Å². The first kappa shape index (κ1) is 50.0. The molecule has 0 bridgehead atoms. The van der Waals surface area contributed by atoms with E-state index in [-0.39, 0.29) is 32.8 Å². The van der Waals surface area contributed by atoms with E-state index in [0.717, 1.165) is 45.8 Å². The van der Waals surface area contributed by atoms with Crippen LogP contribution in [0.3, 0.4) is 0 Å². The van der Waals surface area contributed by atoms with Crippen LogP contribution in [0.2, 0.25) is 0 Å². The molecular weight excluding hydrogens is 736 g/mol. The van der Waals surface area contributed by atoms with Gasteiger partial charge in [-0.25, -0.2) is 32.9 Å². The van der Waals surface area contributed by atoms with Crippen molar-refractivity contribution in [3.63, 3.8) is 0 Å². The molecule has 1 heterocycles. The molecule has 56 heavy (non-hydrogen) atoms. The van der Waals surface area contributed by atoms with Crippen LogP contribution in [0, 0.1) is 23.0 Å². The molecule has 0 saturated heterocycles. The Hall–Kier alpha value is -3.98. The van der Waals surface area contributed by atoms with Gasteiger partial charge < -0.3 is 47.9 Å². The van der Waals surface area contributed by atoms with E-state index >= 15 is 0 Å². The smallest absolute Gasteiger partial charge is 0.407 e. The molecule has 19 heteroatoms. The molecule has 1 aromatic rings. The minimum absolute atomic E-state index is 0.107. The number of methoxy groups -OCH3 is 1. The summed E-state index contributed by atoms with van der Waals surface area (Å²) >= 11 is 0. The lowest BCUT2D eigenvalue weighted by atomic mass is 10.2. The van der Waals surface area contributed by atoms with Crippen LogP contribution in [0.25, 0.3) is 0 Å². The van der Waals surface area contributed by atoms with Gasteiger partial charge in [-0.2, -0.15) is 10.5 Å².